The van der Waals surface area contributed by atoms with Crippen LogP contribution in [0.15, 0.2) is 48.5 Å². The van der Waals surface area contributed by atoms with Gasteiger partial charge in [0.25, 0.3) is 0 Å². The highest BCUT2D eigenvalue weighted by Gasteiger charge is 2.25. The van der Waals surface area contributed by atoms with Crippen molar-refractivity contribution in [2.45, 2.75) is 38.5 Å². The lowest BCUT2D eigenvalue weighted by Crippen LogP contribution is -2.35. The van der Waals surface area contributed by atoms with Crippen LogP contribution in [0.25, 0.3) is 10.4 Å². The van der Waals surface area contributed by atoms with E-state index in [4.69, 9.17) is 27.2 Å². The van der Waals surface area contributed by atoms with E-state index in [1.54, 1.807) is 0 Å². The number of ether oxygens (including phenoxy) is 1. The minimum Gasteiger partial charge on any atom is -0.483 e. The van der Waals surface area contributed by atoms with Crippen molar-refractivity contribution in [3.05, 3.63) is 64.0 Å². The molecule has 0 aliphatic carbocycles. The van der Waals surface area contributed by atoms with Crippen molar-refractivity contribution in [3.63, 3.8) is 0 Å². The number of carboxylic acid groups (broad SMARTS) is 1. The highest BCUT2D eigenvalue weighted by molar-refractivity contribution is 7.96. The molecule has 0 radical (unpaired) electrons. The number of hydrogen-bond acceptors (Lipinski definition) is 10. The molecule has 9 nitrogen and oxygen atoms in total. The van der Waals surface area contributed by atoms with Crippen molar-refractivity contribution < 1.29 is 24.5 Å². The van der Waals surface area contributed by atoms with Crippen molar-refractivity contribution in [1.29, 1.82) is 0 Å². The fourth-order valence-corrected chi connectivity index (χ4v) is 6.62. The SMILES string of the molecule is CC.CO.NCCNc1cccc(CSN2CCC(Nc3cccc(-c4sc(C(=O)O)c(OCC=O)c4Cl)c3)CC2)c1.S. The summed E-state index contributed by atoms with van der Waals surface area (Å²) in [7, 11) is 1.00. The zero-order valence-corrected chi connectivity index (χ0v) is 28.2. The summed E-state index contributed by atoms with van der Waals surface area (Å²) in [6.45, 7) is 7.10. The van der Waals surface area contributed by atoms with Gasteiger partial charge in [0, 0.05) is 56.5 Å². The highest BCUT2D eigenvalue weighted by atomic mass is 35.5. The van der Waals surface area contributed by atoms with Gasteiger partial charge in [0.05, 0.1) is 4.88 Å². The number of nitrogens with two attached hydrogens (primary N) is 1. The number of aromatic carboxylic acids is 1. The summed E-state index contributed by atoms with van der Waals surface area (Å²) in [4.78, 5) is 23.0. The van der Waals surface area contributed by atoms with E-state index in [1.807, 2.05) is 50.1 Å². The van der Waals surface area contributed by atoms with Gasteiger partial charge in [-0.2, -0.15) is 13.5 Å². The molecule has 1 aromatic heterocycles. The van der Waals surface area contributed by atoms with E-state index in [2.05, 4.69) is 39.2 Å². The third-order valence-electron chi connectivity index (χ3n) is 6.06. The summed E-state index contributed by atoms with van der Waals surface area (Å²) in [5.41, 5.74) is 9.72. The number of aldehydes is 1. The molecule has 2 heterocycles. The number of thiophene rings is 1. The molecule has 0 bridgehead atoms. The molecule has 0 amide bonds. The number of benzene rings is 2. The number of halogens is 1. The van der Waals surface area contributed by atoms with Gasteiger partial charge >= 0.3 is 5.97 Å². The first-order chi connectivity index (χ1) is 20.5. The second-order valence-corrected chi connectivity index (χ2v) is 11.3. The van der Waals surface area contributed by atoms with Gasteiger partial charge in [0.15, 0.2) is 16.9 Å². The third kappa shape index (κ3) is 11.9. The lowest BCUT2D eigenvalue weighted by molar-refractivity contribution is -0.109. The van der Waals surface area contributed by atoms with Gasteiger partial charge in [-0.1, -0.05) is 61.7 Å². The molecule has 0 atom stereocenters. The van der Waals surface area contributed by atoms with Crippen LogP contribution < -0.4 is 21.1 Å². The van der Waals surface area contributed by atoms with Gasteiger partial charge in [-0.05, 0) is 48.2 Å². The number of anilines is 2. The van der Waals surface area contributed by atoms with Gasteiger partial charge in [0.2, 0.25) is 0 Å². The first-order valence-electron chi connectivity index (χ1n) is 13.8. The number of hydrogen-bond donors (Lipinski definition) is 5. The zero-order valence-electron chi connectivity index (χ0n) is 24.8. The Bertz CT molecular complexity index is 1260. The van der Waals surface area contributed by atoms with Gasteiger partial charge in [-0.3, -0.25) is 9.10 Å². The second-order valence-electron chi connectivity index (χ2n) is 8.80. The maximum Gasteiger partial charge on any atom is 0.349 e. The number of carbonyl (C=O) groups excluding carboxylic acids is 1. The van der Waals surface area contributed by atoms with Crippen LogP contribution in [0.2, 0.25) is 5.02 Å². The number of rotatable bonds is 13. The van der Waals surface area contributed by atoms with Crippen LogP contribution in [0.4, 0.5) is 11.4 Å². The highest BCUT2D eigenvalue weighted by Crippen LogP contribution is 2.46. The fourth-order valence-electron chi connectivity index (χ4n) is 4.24. The Kier molecular flexibility index (Phi) is 19.1. The smallest absolute Gasteiger partial charge is 0.349 e. The van der Waals surface area contributed by atoms with Crippen LogP contribution in [-0.2, 0) is 10.5 Å². The summed E-state index contributed by atoms with van der Waals surface area (Å²) in [5.74, 6) is -0.177. The molecule has 4 rings (SSSR count). The van der Waals surface area contributed by atoms with Gasteiger partial charge < -0.3 is 31.3 Å². The molecule has 6 N–H and O–H groups in total. The predicted molar refractivity (Wildman–Crippen MR) is 187 cm³/mol. The van der Waals surface area contributed by atoms with Crippen molar-refractivity contribution in [2.75, 3.05) is 50.5 Å². The standard InChI is InChI=1S/C27H31ClN4O4S2.C2H6.CH4O.H2S/c28-23-24(36-14-13-33)26(27(34)35)38-25(23)19-4-2-6-22(16-19)31-20-7-11-32(12-8-20)37-17-18-3-1-5-21(15-18)30-10-9-29;2*1-2;/h1-6,13,15-16,20,30-31H,7-12,14,17,29H2,(H,34,35);1-2H3;2H,1H3;1H2. The monoisotopic (exact) mass is 670 g/mol. The molecule has 3 aromatic rings. The van der Waals surface area contributed by atoms with E-state index in [0.29, 0.717) is 23.7 Å². The minimum absolute atomic E-state index is 0. The first kappa shape index (κ1) is 38.6. The average molecular weight is 671 g/mol. The Morgan fingerprint density at radius 2 is 1.84 bits per heavy atom. The topological polar surface area (TPSA) is 137 Å². The molecule has 1 fully saturated rings. The molecule has 1 saturated heterocycles. The number of nitrogens with one attached hydrogen (secondary N) is 2. The van der Waals surface area contributed by atoms with Crippen LogP contribution in [0.5, 0.6) is 5.75 Å². The second kappa shape index (κ2) is 21.3. The summed E-state index contributed by atoms with van der Waals surface area (Å²) >= 11 is 9.38. The molecule has 1 aliphatic rings. The maximum atomic E-state index is 11.7. The Labute approximate surface area is 274 Å². The molecular weight excluding hydrogens is 628 g/mol. The lowest BCUT2D eigenvalue weighted by Gasteiger charge is -2.32. The summed E-state index contributed by atoms with van der Waals surface area (Å²) in [6, 6.07) is 16.6. The summed E-state index contributed by atoms with van der Waals surface area (Å²) in [5, 5.41) is 23.7. The van der Waals surface area contributed by atoms with E-state index in [9.17, 15) is 14.7 Å². The predicted octanol–water partition coefficient (Wildman–Crippen LogP) is 6.19. The van der Waals surface area contributed by atoms with E-state index in [0.717, 1.165) is 73.6 Å². The average Bonchev–Trinajstić information content (AvgIpc) is 3.37. The van der Waals surface area contributed by atoms with Crippen LogP contribution in [0, 0.1) is 0 Å². The molecule has 0 unspecified atom stereocenters. The van der Waals surface area contributed by atoms with Gasteiger partial charge in [0.1, 0.15) is 11.6 Å². The van der Waals surface area contributed by atoms with E-state index in [1.165, 1.54) is 5.56 Å². The quantitative estimate of drug-likeness (QED) is 0.106. The largest absolute Gasteiger partial charge is 0.483 e. The van der Waals surface area contributed by atoms with Crippen LogP contribution >= 0.6 is 48.4 Å². The molecule has 238 valence electrons. The molecule has 1 aliphatic heterocycles. The van der Waals surface area contributed by atoms with Crippen molar-refractivity contribution in [1.82, 2.24) is 4.31 Å². The van der Waals surface area contributed by atoms with Gasteiger partial charge in [-0.25, -0.2) is 4.79 Å². The normalized spacial score (nSPS) is 12.9. The van der Waals surface area contributed by atoms with E-state index in [-0.39, 0.29) is 35.8 Å². The van der Waals surface area contributed by atoms with Crippen LogP contribution in [-0.4, -0.2) is 72.7 Å². The van der Waals surface area contributed by atoms with E-state index < -0.39 is 5.97 Å². The summed E-state index contributed by atoms with van der Waals surface area (Å²) in [6.07, 6.45) is 2.59. The summed E-state index contributed by atoms with van der Waals surface area (Å²) < 4.78 is 7.74. The molecular formula is C30H43ClN4O5S3. The Morgan fingerprint density at radius 3 is 2.49 bits per heavy atom. The number of carboxylic acids is 1. The number of nitrogens with zero attached hydrogens (tertiary/aromatic N) is 1. The van der Waals surface area contributed by atoms with Gasteiger partial charge in [-0.15, -0.1) is 11.3 Å². The first-order valence-corrected chi connectivity index (χ1v) is 16.0. The number of piperidine rings is 1. The Morgan fingerprint density at radius 1 is 1.16 bits per heavy atom. The number of carbonyl (C=O) groups is 2. The number of aliphatic hydroxyl groups excluding tert-OH is 1. The maximum absolute atomic E-state index is 11.7. The Hall–Kier alpha value is -2.45. The minimum atomic E-state index is -1.14. The Balaban J connectivity index is 0.00000177. The molecule has 13 heteroatoms. The number of aliphatic hydroxyl groups is 1. The molecule has 0 spiro atoms. The fraction of sp³-hybridized carbons (Fsp3) is 0.400. The van der Waals surface area contributed by atoms with Crippen molar-refractivity contribution >= 4 is 72.0 Å². The molecule has 43 heavy (non-hydrogen) atoms. The van der Waals surface area contributed by atoms with E-state index >= 15 is 0 Å². The third-order valence-corrected chi connectivity index (χ3v) is 8.94. The molecule has 0 saturated carbocycles. The van der Waals surface area contributed by atoms with Crippen molar-refractivity contribution in [2.24, 2.45) is 5.73 Å². The van der Waals surface area contributed by atoms with Crippen LogP contribution in [0.1, 0.15) is 41.9 Å². The lowest BCUT2D eigenvalue weighted by atomic mass is 10.1. The van der Waals surface area contributed by atoms with Crippen LogP contribution in [0.3, 0.4) is 0 Å². The zero-order chi connectivity index (χ0) is 30.9. The van der Waals surface area contributed by atoms with Crippen molar-refractivity contribution in [3.8, 4) is 16.2 Å². The molecule has 2 aromatic carbocycles.